The van der Waals surface area contributed by atoms with E-state index < -0.39 is 5.97 Å². The summed E-state index contributed by atoms with van der Waals surface area (Å²) < 4.78 is 1.93. The van der Waals surface area contributed by atoms with E-state index in [9.17, 15) is 9.90 Å². The van der Waals surface area contributed by atoms with Gasteiger partial charge < -0.3 is 5.11 Å². The fourth-order valence-corrected chi connectivity index (χ4v) is 3.26. The highest BCUT2D eigenvalue weighted by Gasteiger charge is 2.12. The quantitative estimate of drug-likeness (QED) is 0.548. The number of hydrogen-bond acceptors (Lipinski definition) is 3. The summed E-state index contributed by atoms with van der Waals surface area (Å²) in [5, 5.41) is 14.1. The summed E-state index contributed by atoms with van der Waals surface area (Å²) in [6, 6.07) is 15.0. The Balaban J connectivity index is 1.82. The third-order valence-corrected chi connectivity index (χ3v) is 4.92. The Hall–Kier alpha value is -3.39. The predicted molar refractivity (Wildman–Crippen MR) is 118 cm³/mol. The molecule has 0 aliphatic heterocycles. The second-order valence-electron chi connectivity index (χ2n) is 7.69. The van der Waals surface area contributed by atoms with Crippen molar-refractivity contribution >= 4 is 5.97 Å². The molecule has 0 atom stereocenters. The molecule has 0 amide bonds. The first-order valence-corrected chi connectivity index (χ1v) is 10.2. The minimum atomic E-state index is -0.923. The summed E-state index contributed by atoms with van der Waals surface area (Å²) in [6.07, 6.45) is 2.50. The molecule has 154 valence electrons. The van der Waals surface area contributed by atoms with Gasteiger partial charge in [-0.05, 0) is 42.0 Å². The maximum atomic E-state index is 11.5. The Kier molecular flexibility index (Phi) is 7.03. The van der Waals surface area contributed by atoms with Gasteiger partial charge in [0.1, 0.15) is 5.82 Å². The number of hydrogen-bond donors (Lipinski definition) is 1. The van der Waals surface area contributed by atoms with E-state index in [1.165, 1.54) is 0 Å². The summed E-state index contributed by atoms with van der Waals surface area (Å²) in [5.41, 5.74) is 2.98. The van der Waals surface area contributed by atoms with Crippen molar-refractivity contribution in [3.63, 3.8) is 0 Å². The number of rotatable bonds is 8. The van der Waals surface area contributed by atoms with E-state index in [2.05, 4.69) is 25.7 Å². The first-order chi connectivity index (χ1) is 14.5. The zero-order chi connectivity index (χ0) is 21.5. The van der Waals surface area contributed by atoms with Gasteiger partial charge in [-0.3, -0.25) is 0 Å². The Bertz CT molecular complexity index is 1070. The second-order valence-corrected chi connectivity index (χ2v) is 7.69. The normalized spacial score (nSPS) is 10.7. The third kappa shape index (κ3) is 5.36. The van der Waals surface area contributed by atoms with Crippen molar-refractivity contribution in [3.05, 3.63) is 71.3 Å². The van der Waals surface area contributed by atoms with Crippen molar-refractivity contribution in [2.45, 2.75) is 46.6 Å². The highest BCUT2D eigenvalue weighted by molar-refractivity contribution is 5.95. The molecule has 5 nitrogen and oxygen atoms in total. The van der Waals surface area contributed by atoms with Crippen LogP contribution >= 0.6 is 0 Å². The number of carbonyl (C=O) groups is 1. The van der Waals surface area contributed by atoms with Gasteiger partial charge in [0.2, 0.25) is 0 Å². The van der Waals surface area contributed by atoms with Crippen LogP contribution in [-0.2, 0) is 19.4 Å². The van der Waals surface area contributed by atoms with E-state index in [4.69, 9.17) is 10.1 Å². The van der Waals surface area contributed by atoms with Crippen molar-refractivity contribution in [1.29, 1.82) is 0 Å². The summed E-state index contributed by atoms with van der Waals surface area (Å²) in [5.74, 6) is 7.44. The number of carboxylic acids is 1. The monoisotopic (exact) mass is 401 g/mol. The fraction of sp³-hybridized carbons (Fsp3) is 0.320. The second kappa shape index (κ2) is 9.89. The van der Waals surface area contributed by atoms with Crippen molar-refractivity contribution in [1.82, 2.24) is 14.8 Å². The fourth-order valence-electron chi connectivity index (χ4n) is 3.26. The summed E-state index contributed by atoms with van der Waals surface area (Å²) in [6.45, 7) is 6.83. The van der Waals surface area contributed by atoms with E-state index in [1.54, 1.807) is 12.1 Å². The van der Waals surface area contributed by atoms with E-state index >= 15 is 0 Å². The molecule has 1 N–H and O–H groups in total. The predicted octanol–water partition coefficient (Wildman–Crippen LogP) is 4.85. The van der Waals surface area contributed by atoms with Gasteiger partial charge in [-0.15, -0.1) is 5.92 Å². The van der Waals surface area contributed by atoms with Gasteiger partial charge in [0, 0.05) is 6.42 Å². The van der Waals surface area contributed by atoms with E-state index in [0.29, 0.717) is 30.0 Å². The van der Waals surface area contributed by atoms with Crippen LogP contribution in [0.25, 0.3) is 11.1 Å². The molecular weight excluding hydrogens is 374 g/mol. The Morgan fingerprint density at radius 2 is 1.87 bits per heavy atom. The van der Waals surface area contributed by atoms with Gasteiger partial charge in [-0.2, -0.15) is 5.10 Å². The smallest absolute Gasteiger partial charge is 0.336 e. The molecule has 3 rings (SSSR count). The molecule has 3 aromatic rings. The van der Waals surface area contributed by atoms with Crippen LogP contribution in [0.1, 0.15) is 54.8 Å². The van der Waals surface area contributed by atoms with Crippen LogP contribution in [0.3, 0.4) is 0 Å². The van der Waals surface area contributed by atoms with Crippen LogP contribution in [0.15, 0.2) is 48.5 Å². The maximum Gasteiger partial charge on any atom is 0.336 e. The van der Waals surface area contributed by atoms with Gasteiger partial charge in [0.25, 0.3) is 0 Å². The van der Waals surface area contributed by atoms with Crippen LogP contribution in [0.5, 0.6) is 0 Å². The number of nitrogens with zero attached hydrogens (tertiary/aromatic N) is 3. The SMILES string of the molecule is CC#CCc1nc(CCC(C)C)nn1Cc1ccc(-c2ccccc2C(=O)O)cc1. The van der Waals surface area contributed by atoms with Crippen LogP contribution in [0.4, 0.5) is 0 Å². The van der Waals surface area contributed by atoms with Gasteiger partial charge in [-0.1, -0.05) is 62.2 Å². The summed E-state index contributed by atoms with van der Waals surface area (Å²) >= 11 is 0. The molecule has 2 aromatic carbocycles. The van der Waals surface area contributed by atoms with Gasteiger partial charge in [0.15, 0.2) is 5.82 Å². The molecular formula is C25H27N3O2. The van der Waals surface area contributed by atoms with Gasteiger partial charge >= 0.3 is 5.97 Å². The number of aromatic nitrogens is 3. The van der Waals surface area contributed by atoms with Crippen molar-refractivity contribution in [3.8, 4) is 23.0 Å². The molecule has 0 bridgehead atoms. The first kappa shape index (κ1) is 21.3. The Morgan fingerprint density at radius 1 is 1.13 bits per heavy atom. The lowest BCUT2D eigenvalue weighted by Crippen LogP contribution is -2.07. The minimum Gasteiger partial charge on any atom is -0.478 e. The lowest BCUT2D eigenvalue weighted by atomic mass is 9.99. The first-order valence-electron chi connectivity index (χ1n) is 10.2. The Labute approximate surface area is 177 Å². The topological polar surface area (TPSA) is 68.0 Å². The molecule has 0 aliphatic carbocycles. The molecule has 0 unspecified atom stereocenters. The molecule has 1 aromatic heterocycles. The highest BCUT2D eigenvalue weighted by atomic mass is 16.4. The lowest BCUT2D eigenvalue weighted by molar-refractivity contribution is 0.0697. The zero-order valence-electron chi connectivity index (χ0n) is 17.7. The molecule has 1 heterocycles. The van der Waals surface area contributed by atoms with Crippen LogP contribution in [0, 0.1) is 17.8 Å². The average molecular weight is 402 g/mol. The molecule has 0 saturated heterocycles. The van der Waals surface area contributed by atoms with Crippen molar-refractivity contribution in [2.75, 3.05) is 0 Å². The lowest BCUT2D eigenvalue weighted by Gasteiger charge is -2.08. The largest absolute Gasteiger partial charge is 0.478 e. The number of aryl methyl sites for hydroxylation is 1. The molecule has 0 aliphatic rings. The average Bonchev–Trinajstić information content (AvgIpc) is 3.12. The molecule has 30 heavy (non-hydrogen) atoms. The van der Waals surface area contributed by atoms with Gasteiger partial charge in [0.05, 0.1) is 18.5 Å². The van der Waals surface area contributed by atoms with E-state index in [1.807, 2.05) is 48.0 Å². The highest BCUT2D eigenvalue weighted by Crippen LogP contribution is 2.24. The Morgan fingerprint density at radius 3 is 2.53 bits per heavy atom. The summed E-state index contributed by atoms with van der Waals surface area (Å²) in [4.78, 5) is 16.2. The number of aromatic carboxylic acids is 1. The third-order valence-electron chi connectivity index (χ3n) is 4.92. The molecule has 5 heteroatoms. The summed E-state index contributed by atoms with van der Waals surface area (Å²) in [7, 11) is 0. The van der Waals surface area contributed by atoms with Crippen molar-refractivity contribution in [2.24, 2.45) is 5.92 Å². The van der Waals surface area contributed by atoms with Crippen LogP contribution < -0.4 is 0 Å². The number of benzene rings is 2. The molecule has 0 spiro atoms. The molecule has 0 radical (unpaired) electrons. The van der Waals surface area contributed by atoms with Crippen LogP contribution in [0.2, 0.25) is 0 Å². The zero-order valence-corrected chi connectivity index (χ0v) is 17.7. The minimum absolute atomic E-state index is 0.303. The van der Waals surface area contributed by atoms with Gasteiger partial charge in [-0.25, -0.2) is 14.5 Å². The van der Waals surface area contributed by atoms with Crippen molar-refractivity contribution < 1.29 is 9.90 Å². The number of carboxylic acid groups (broad SMARTS) is 1. The van der Waals surface area contributed by atoms with E-state index in [0.717, 1.165) is 35.6 Å². The standard InChI is InChI=1S/C25H27N3O2/c1-4-5-10-24-26-23(16-11-18(2)3)27-28(24)17-19-12-14-20(15-13-19)21-8-6-7-9-22(21)25(29)30/h6-9,12-15,18H,10-11,16-17H2,1-3H3,(H,29,30). The maximum absolute atomic E-state index is 11.5. The van der Waals surface area contributed by atoms with E-state index in [-0.39, 0.29) is 0 Å². The molecule has 0 fully saturated rings. The molecule has 0 saturated carbocycles. The van der Waals surface area contributed by atoms with Crippen LogP contribution in [-0.4, -0.2) is 25.8 Å².